The standard InChI is InChI=1S/C5H10O3.H2O/c1-2-4(7)5(8)3-6;/h2,5-8H,3H2,1H3;1H2. The molecule has 4 nitrogen and oxygen atoms in total. The highest BCUT2D eigenvalue weighted by Crippen LogP contribution is 1.94. The second-order valence-electron chi connectivity index (χ2n) is 1.41. The van der Waals surface area contributed by atoms with Crippen LogP contribution in [0, 0.1) is 0 Å². The van der Waals surface area contributed by atoms with Crippen molar-refractivity contribution < 1.29 is 20.8 Å². The third-order valence-electron chi connectivity index (χ3n) is 0.810. The molecular formula is C5H12O4. The number of hydrogen-bond donors (Lipinski definition) is 3. The molecule has 0 amide bonds. The summed E-state index contributed by atoms with van der Waals surface area (Å²) in [4.78, 5) is 0. The van der Waals surface area contributed by atoms with Crippen LogP contribution in [0.3, 0.4) is 0 Å². The minimum Gasteiger partial charge on any atom is -0.510 e. The molecule has 1 atom stereocenters. The van der Waals surface area contributed by atoms with E-state index in [1.54, 1.807) is 6.92 Å². The lowest BCUT2D eigenvalue weighted by molar-refractivity contribution is 0.0869. The molecule has 0 heterocycles. The second kappa shape index (κ2) is 5.55. The van der Waals surface area contributed by atoms with E-state index in [1.165, 1.54) is 6.08 Å². The molecule has 9 heavy (non-hydrogen) atoms. The van der Waals surface area contributed by atoms with Gasteiger partial charge in [0.15, 0.2) is 0 Å². The van der Waals surface area contributed by atoms with Crippen molar-refractivity contribution in [3.05, 3.63) is 11.8 Å². The van der Waals surface area contributed by atoms with Gasteiger partial charge in [0.1, 0.15) is 11.9 Å². The third kappa shape index (κ3) is 3.96. The minimum atomic E-state index is -1.11. The first kappa shape index (κ1) is 11.2. The van der Waals surface area contributed by atoms with Crippen LogP contribution in [0.4, 0.5) is 0 Å². The third-order valence-corrected chi connectivity index (χ3v) is 0.810. The molecule has 1 unspecified atom stereocenters. The fourth-order valence-corrected chi connectivity index (χ4v) is 0.286. The fraction of sp³-hybridized carbons (Fsp3) is 0.600. The summed E-state index contributed by atoms with van der Waals surface area (Å²) in [6.07, 6.45) is 0.223. The van der Waals surface area contributed by atoms with Gasteiger partial charge in [-0.25, -0.2) is 0 Å². The molecule has 0 aromatic rings. The Labute approximate surface area is 53.4 Å². The lowest BCUT2D eigenvalue weighted by Gasteiger charge is -2.02. The van der Waals surface area contributed by atoms with Crippen molar-refractivity contribution >= 4 is 0 Å². The molecule has 0 aromatic carbocycles. The molecule has 0 saturated carbocycles. The average Bonchev–Trinajstić information content (AvgIpc) is 1.84. The predicted octanol–water partition coefficient (Wildman–Crippen LogP) is -1.02. The highest BCUT2D eigenvalue weighted by Gasteiger charge is 2.03. The van der Waals surface area contributed by atoms with Crippen molar-refractivity contribution in [2.75, 3.05) is 6.61 Å². The summed E-state index contributed by atoms with van der Waals surface area (Å²) in [5, 5.41) is 25.3. The topological polar surface area (TPSA) is 92.2 Å². The summed E-state index contributed by atoms with van der Waals surface area (Å²) in [7, 11) is 0. The molecule has 0 radical (unpaired) electrons. The minimum absolute atomic E-state index is 0. The molecule has 0 spiro atoms. The van der Waals surface area contributed by atoms with Gasteiger partial charge in [0.05, 0.1) is 6.61 Å². The zero-order chi connectivity index (χ0) is 6.57. The summed E-state index contributed by atoms with van der Waals surface area (Å²) in [5.74, 6) is -0.187. The zero-order valence-corrected chi connectivity index (χ0v) is 5.20. The highest BCUT2D eigenvalue weighted by atomic mass is 16.3. The van der Waals surface area contributed by atoms with Crippen LogP contribution in [-0.4, -0.2) is 33.5 Å². The summed E-state index contributed by atoms with van der Waals surface area (Å²) in [6.45, 7) is 1.14. The maximum atomic E-state index is 8.58. The van der Waals surface area contributed by atoms with Crippen molar-refractivity contribution in [3.8, 4) is 0 Å². The Kier molecular flexibility index (Phi) is 6.94. The molecule has 0 aliphatic carbocycles. The first-order valence-corrected chi connectivity index (χ1v) is 2.36. The summed E-state index contributed by atoms with van der Waals surface area (Å²) in [6, 6.07) is 0. The van der Waals surface area contributed by atoms with E-state index in [9.17, 15) is 0 Å². The maximum Gasteiger partial charge on any atom is 0.133 e. The average molecular weight is 136 g/mol. The van der Waals surface area contributed by atoms with E-state index in [4.69, 9.17) is 15.3 Å². The SMILES string of the molecule is CC=C(O)C(O)CO.O. The van der Waals surface area contributed by atoms with Crippen LogP contribution in [0.1, 0.15) is 6.92 Å². The maximum absolute atomic E-state index is 8.58. The van der Waals surface area contributed by atoms with Gasteiger partial charge in [-0.3, -0.25) is 0 Å². The number of aliphatic hydroxyl groups is 3. The van der Waals surface area contributed by atoms with Gasteiger partial charge in [-0.1, -0.05) is 0 Å². The Morgan fingerprint density at radius 1 is 1.67 bits per heavy atom. The van der Waals surface area contributed by atoms with E-state index >= 15 is 0 Å². The van der Waals surface area contributed by atoms with Crippen LogP contribution in [0.15, 0.2) is 11.8 Å². The molecule has 0 aliphatic rings. The molecule has 5 N–H and O–H groups in total. The van der Waals surface area contributed by atoms with Gasteiger partial charge in [0.2, 0.25) is 0 Å². The quantitative estimate of drug-likeness (QED) is 0.424. The van der Waals surface area contributed by atoms with Crippen molar-refractivity contribution in [1.82, 2.24) is 0 Å². The molecule has 4 heteroatoms. The Hall–Kier alpha value is -0.580. The van der Waals surface area contributed by atoms with E-state index in [1.807, 2.05) is 0 Å². The second-order valence-corrected chi connectivity index (χ2v) is 1.41. The van der Waals surface area contributed by atoms with Gasteiger partial charge >= 0.3 is 0 Å². The van der Waals surface area contributed by atoms with Crippen LogP contribution in [0.5, 0.6) is 0 Å². The Morgan fingerprint density at radius 3 is 2.22 bits per heavy atom. The number of aliphatic hydroxyl groups excluding tert-OH is 3. The Morgan fingerprint density at radius 2 is 2.11 bits per heavy atom. The fourth-order valence-electron chi connectivity index (χ4n) is 0.286. The Balaban J connectivity index is 0. The van der Waals surface area contributed by atoms with Crippen molar-refractivity contribution in [1.29, 1.82) is 0 Å². The largest absolute Gasteiger partial charge is 0.510 e. The van der Waals surface area contributed by atoms with Gasteiger partial charge in [-0.15, -0.1) is 0 Å². The van der Waals surface area contributed by atoms with Gasteiger partial charge in [0, 0.05) is 0 Å². The van der Waals surface area contributed by atoms with Crippen LogP contribution in [0.25, 0.3) is 0 Å². The summed E-state index contributed by atoms with van der Waals surface area (Å²) in [5.41, 5.74) is 0. The van der Waals surface area contributed by atoms with E-state index in [0.717, 1.165) is 0 Å². The molecule has 0 bridgehead atoms. The first-order chi connectivity index (χ1) is 3.72. The van der Waals surface area contributed by atoms with Gasteiger partial charge < -0.3 is 20.8 Å². The summed E-state index contributed by atoms with van der Waals surface area (Å²) < 4.78 is 0. The monoisotopic (exact) mass is 136 g/mol. The van der Waals surface area contributed by atoms with E-state index in [0.29, 0.717) is 0 Å². The lowest BCUT2D eigenvalue weighted by Crippen LogP contribution is -2.14. The molecular weight excluding hydrogens is 124 g/mol. The lowest BCUT2D eigenvalue weighted by atomic mass is 10.3. The molecule has 0 aromatic heterocycles. The number of rotatable bonds is 2. The van der Waals surface area contributed by atoms with E-state index in [2.05, 4.69) is 0 Å². The summed E-state index contributed by atoms with van der Waals surface area (Å²) >= 11 is 0. The van der Waals surface area contributed by atoms with E-state index in [-0.39, 0.29) is 11.2 Å². The first-order valence-electron chi connectivity index (χ1n) is 2.36. The smallest absolute Gasteiger partial charge is 0.133 e. The predicted molar refractivity (Wildman–Crippen MR) is 33.1 cm³/mol. The molecule has 0 aliphatic heterocycles. The molecule has 56 valence electrons. The highest BCUT2D eigenvalue weighted by molar-refractivity contribution is 4.94. The van der Waals surface area contributed by atoms with E-state index < -0.39 is 12.7 Å². The molecule has 0 rings (SSSR count). The van der Waals surface area contributed by atoms with Crippen molar-refractivity contribution in [3.63, 3.8) is 0 Å². The van der Waals surface area contributed by atoms with Crippen LogP contribution in [-0.2, 0) is 0 Å². The zero-order valence-electron chi connectivity index (χ0n) is 5.20. The van der Waals surface area contributed by atoms with Crippen LogP contribution < -0.4 is 0 Å². The normalized spacial score (nSPS) is 14.3. The molecule has 0 fully saturated rings. The van der Waals surface area contributed by atoms with Crippen molar-refractivity contribution in [2.45, 2.75) is 13.0 Å². The Bertz CT molecular complexity index is 89.0. The van der Waals surface area contributed by atoms with Crippen molar-refractivity contribution in [2.24, 2.45) is 0 Å². The van der Waals surface area contributed by atoms with Gasteiger partial charge in [0.25, 0.3) is 0 Å². The number of hydrogen-bond acceptors (Lipinski definition) is 3. The molecule has 0 saturated heterocycles. The van der Waals surface area contributed by atoms with Crippen LogP contribution in [0.2, 0.25) is 0 Å². The van der Waals surface area contributed by atoms with Gasteiger partial charge in [-0.05, 0) is 13.0 Å². The van der Waals surface area contributed by atoms with Gasteiger partial charge in [-0.2, -0.15) is 0 Å². The van der Waals surface area contributed by atoms with Crippen LogP contribution >= 0.6 is 0 Å². The number of allylic oxidation sites excluding steroid dienone is 1.